The van der Waals surface area contributed by atoms with E-state index in [4.69, 9.17) is 5.11 Å². The molecule has 0 saturated carbocycles. The third-order valence-corrected chi connectivity index (χ3v) is 3.88. The van der Waals surface area contributed by atoms with Gasteiger partial charge in [0, 0.05) is 16.5 Å². The summed E-state index contributed by atoms with van der Waals surface area (Å²) < 4.78 is 11.4. The second-order valence-electron chi connectivity index (χ2n) is 3.84. The van der Waals surface area contributed by atoms with Gasteiger partial charge in [0.15, 0.2) is 0 Å². The zero-order chi connectivity index (χ0) is 12.2. The van der Waals surface area contributed by atoms with Gasteiger partial charge in [0.25, 0.3) is 0 Å². The molecule has 0 aliphatic heterocycles. The van der Waals surface area contributed by atoms with Crippen LogP contribution in [-0.4, -0.2) is 14.9 Å². The molecule has 0 aromatic heterocycles. The molecule has 0 aliphatic rings. The van der Waals surface area contributed by atoms with E-state index in [1.54, 1.807) is 12.1 Å². The van der Waals surface area contributed by atoms with Crippen LogP contribution in [0.1, 0.15) is 37.4 Å². The van der Waals surface area contributed by atoms with Gasteiger partial charge in [-0.1, -0.05) is 31.9 Å². The van der Waals surface area contributed by atoms with Crippen molar-refractivity contribution in [3.63, 3.8) is 0 Å². The molecule has 0 amide bonds. The van der Waals surface area contributed by atoms with Gasteiger partial charge in [-0.15, -0.1) is 0 Å². The number of hydrogen-bond acceptors (Lipinski definition) is 2. The number of aromatic hydroxyl groups is 1. The molecule has 1 aromatic rings. The van der Waals surface area contributed by atoms with E-state index in [0.29, 0.717) is 12.0 Å². The maximum Gasteiger partial charge on any atom is 0.332 e. The van der Waals surface area contributed by atoms with Crippen molar-refractivity contribution in [2.24, 2.45) is 0 Å². The average Bonchev–Trinajstić information content (AvgIpc) is 2.19. The first kappa shape index (κ1) is 16.7. The Morgan fingerprint density at radius 2 is 1.76 bits per heavy atom. The van der Waals surface area contributed by atoms with Crippen LogP contribution in [0.15, 0.2) is 24.3 Å². The Balaban J connectivity index is 0.00000256. The van der Waals surface area contributed by atoms with Crippen LogP contribution in [0.5, 0.6) is 5.75 Å². The van der Waals surface area contributed by atoms with Gasteiger partial charge in [-0.3, -0.25) is 4.57 Å². The van der Waals surface area contributed by atoms with Crippen molar-refractivity contribution in [3.05, 3.63) is 29.8 Å². The van der Waals surface area contributed by atoms with Crippen LogP contribution in [0, 0.1) is 0 Å². The molecule has 1 atom stereocenters. The average molecular weight is 303 g/mol. The van der Waals surface area contributed by atoms with E-state index in [-0.39, 0.29) is 22.2 Å². The molecule has 100 valence electrons. The van der Waals surface area contributed by atoms with E-state index < -0.39 is 13.3 Å². The second-order valence-corrected chi connectivity index (χ2v) is 5.64. The van der Waals surface area contributed by atoms with Crippen molar-refractivity contribution in [1.29, 1.82) is 0 Å². The molecule has 0 heterocycles. The van der Waals surface area contributed by atoms with Crippen molar-refractivity contribution in [1.82, 2.24) is 0 Å². The number of rotatable bonds is 5. The Labute approximate surface area is 111 Å². The summed E-state index contributed by atoms with van der Waals surface area (Å²) >= 11 is 0. The van der Waals surface area contributed by atoms with E-state index in [1.807, 2.05) is 6.92 Å². The van der Waals surface area contributed by atoms with E-state index in [0.717, 1.165) is 12.8 Å². The third kappa shape index (κ3) is 5.22. The fourth-order valence-electron chi connectivity index (χ4n) is 1.62. The van der Waals surface area contributed by atoms with E-state index in [9.17, 15) is 14.4 Å². The van der Waals surface area contributed by atoms with Crippen molar-refractivity contribution in [3.8, 4) is 5.75 Å². The Kier molecular flexibility index (Phi) is 7.03. The monoisotopic (exact) mass is 302 g/mol. The second kappa shape index (κ2) is 7.18. The quantitative estimate of drug-likeness (QED) is 0.577. The maximum absolute atomic E-state index is 11.4. The molecule has 0 spiro atoms. The number of hydrogen-bond donors (Lipinski definition) is 3. The summed E-state index contributed by atoms with van der Waals surface area (Å²) in [5.74, 6) is 0.101. The molecular weight excluding hydrogens is 286 g/mol. The first-order valence-corrected chi connectivity index (χ1v) is 6.97. The minimum absolute atomic E-state index is 0. The normalized spacial score (nSPS) is 12.9. The Morgan fingerprint density at radius 1 is 1.24 bits per heavy atom. The topological polar surface area (TPSA) is 77.8 Å². The minimum atomic E-state index is -4.12. The zero-order valence-corrected chi connectivity index (χ0v) is 11.4. The van der Waals surface area contributed by atoms with Crippen molar-refractivity contribution >= 4 is 7.60 Å². The van der Waals surface area contributed by atoms with E-state index in [2.05, 4.69) is 0 Å². The van der Waals surface area contributed by atoms with Gasteiger partial charge < -0.3 is 14.9 Å². The Hall–Kier alpha value is -0.336. The first-order chi connectivity index (χ1) is 7.45. The maximum atomic E-state index is 11.4. The minimum Gasteiger partial charge on any atom is -0.508 e. The standard InChI is InChI=1S/C11H17O4P.Ni/c1-2-3-4-11(16(13,14)15)9-5-7-10(12)8-6-9;/h5-8,11-12H,2-4H2,1H3,(H2,13,14,15);. The third-order valence-electron chi connectivity index (χ3n) is 2.51. The molecule has 17 heavy (non-hydrogen) atoms. The van der Waals surface area contributed by atoms with Crippen LogP contribution in [0.3, 0.4) is 0 Å². The Bertz CT molecular complexity index is 374. The SMILES string of the molecule is CCCCC(c1ccc(O)cc1)P(=O)(O)O.[Ni]. The van der Waals surface area contributed by atoms with E-state index in [1.165, 1.54) is 12.1 Å². The van der Waals surface area contributed by atoms with Crippen LogP contribution >= 0.6 is 7.60 Å². The molecule has 1 aromatic carbocycles. The van der Waals surface area contributed by atoms with Gasteiger partial charge >= 0.3 is 7.60 Å². The number of phenols is 1. The van der Waals surface area contributed by atoms with Crippen molar-refractivity contribution in [2.75, 3.05) is 0 Å². The molecule has 1 rings (SSSR count). The molecule has 0 radical (unpaired) electrons. The largest absolute Gasteiger partial charge is 0.508 e. The van der Waals surface area contributed by atoms with Crippen LogP contribution < -0.4 is 0 Å². The van der Waals surface area contributed by atoms with Gasteiger partial charge in [-0.2, -0.15) is 0 Å². The van der Waals surface area contributed by atoms with Gasteiger partial charge in [0.2, 0.25) is 0 Å². The van der Waals surface area contributed by atoms with Gasteiger partial charge in [0.1, 0.15) is 5.75 Å². The van der Waals surface area contributed by atoms with Gasteiger partial charge in [-0.25, -0.2) is 0 Å². The molecule has 0 saturated heterocycles. The molecule has 0 bridgehead atoms. The summed E-state index contributed by atoms with van der Waals surface area (Å²) in [6.07, 6.45) is 2.14. The summed E-state index contributed by atoms with van der Waals surface area (Å²) in [5.41, 5.74) is -0.173. The summed E-state index contributed by atoms with van der Waals surface area (Å²) in [4.78, 5) is 18.6. The van der Waals surface area contributed by atoms with Crippen LogP contribution in [0.25, 0.3) is 0 Å². The summed E-state index contributed by atoms with van der Waals surface area (Å²) in [7, 11) is -4.12. The molecule has 4 nitrogen and oxygen atoms in total. The molecule has 1 unspecified atom stereocenters. The zero-order valence-electron chi connectivity index (χ0n) is 9.52. The molecule has 3 N–H and O–H groups in total. The fraction of sp³-hybridized carbons (Fsp3) is 0.455. The molecular formula is C11H17NiO4P. The van der Waals surface area contributed by atoms with E-state index >= 15 is 0 Å². The summed E-state index contributed by atoms with van der Waals surface area (Å²) in [6, 6.07) is 6.03. The van der Waals surface area contributed by atoms with Crippen LogP contribution in [0.4, 0.5) is 0 Å². The molecule has 0 aliphatic carbocycles. The van der Waals surface area contributed by atoms with Crippen LogP contribution in [0.2, 0.25) is 0 Å². The summed E-state index contributed by atoms with van der Waals surface area (Å²) in [5, 5.41) is 9.12. The van der Waals surface area contributed by atoms with Crippen molar-refractivity contribution in [2.45, 2.75) is 31.8 Å². The van der Waals surface area contributed by atoms with Gasteiger partial charge in [0.05, 0.1) is 5.66 Å². The predicted molar refractivity (Wildman–Crippen MR) is 62.4 cm³/mol. The smallest absolute Gasteiger partial charge is 0.332 e. The number of phenolic OH excluding ortho intramolecular Hbond substituents is 1. The molecule has 6 heteroatoms. The molecule has 0 fully saturated rings. The van der Waals surface area contributed by atoms with Crippen LogP contribution in [-0.2, 0) is 21.1 Å². The Morgan fingerprint density at radius 3 is 2.18 bits per heavy atom. The number of unbranched alkanes of at least 4 members (excludes halogenated alkanes) is 1. The number of benzene rings is 1. The first-order valence-electron chi connectivity index (χ1n) is 5.29. The van der Waals surface area contributed by atoms with Crippen molar-refractivity contribution < 1.29 is 35.9 Å². The predicted octanol–water partition coefficient (Wildman–Crippen LogP) is 2.80. The fourth-order valence-corrected chi connectivity index (χ4v) is 2.70. The van der Waals surface area contributed by atoms with Gasteiger partial charge in [-0.05, 0) is 24.1 Å². The summed E-state index contributed by atoms with van der Waals surface area (Å²) in [6.45, 7) is 1.98.